The van der Waals surface area contributed by atoms with Crippen LogP contribution in [0.4, 0.5) is 0 Å². The number of aliphatic hydroxyl groups excluding tert-OH is 1. The lowest BCUT2D eigenvalue weighted by Gasteiger charge is -2.30. The van der Waals surface area contributed by atoms with Crippen molar-refractivity contribution in [1.82, 2.24) is 10.3 Å². The molecule has 1 aromatic heterocycles. The number of rotatable bonds is 8. The summed E-state index contributed by atoms with van der Waals surface area (Å²) in [6.45, 7) is 6.46. The molecule has 0 saturated heterocycles. The van der Waals surface area contributed by atoms with Crippen molar-refractivity contribution in [1.29, 1.82) is 0 Å². The first-order valence-electron chi connectivity index (χ1n) is 6.93. The van der Waals surface area contributed by atoms with Crippen molar-refractivity contribution in [2.24, 2.45) is 0 Å². The fraction of sp³-hybridized carbons (Fsp3) is 0.667. The average molecular weight is 282 g/mol. The van der Waals surface area contributed by atoms with E-state index in [-0.39, 0.29) is 12.1 Å². The lowest BCUT2D eigenvalue weighted by Crippen LogP contribution is -2.45. The predicted molar refractivity (Wildman–Crippen MR) is 82.8 cm³/mol. The Bertz CT molecular complexity index is 363. The third-order valence-corrected chi connectivity index (χ3v) is 4.63. The van der Waals surface area contributed by atoms with Gasteiger partial charge in [-0.3, -0.25) is 0 Å². The van der Waals surface area contributed by atoms with E-state index in [1.165, 1.54) is 5.56 Å². The second-order valence-electron chi connectivity index (χ2n) is 5.12. The van der Waals surface area contributed by atoms with Crippen LogP contribution in [-0.2, 0) is 0 Å². The summed E-state index contributed by atoms with van der Waals surface area (Å²) < 4.78 is 0. The molecule has 1 aromatic rings. The van der Waals surface area contributed by atoms with Crippen LogP contribution in [0.2, 0.25) is 0 Å². The molecule has 4 heteroatoms. The maximum Gasteiger partial charge on any atom is 0.0965 e. The molecule has 0 radical (unpaired) electrons. The number of aliphatic hydroxyl groups is 1. The topological polar surface area (TPSA) is 45.2 Å². The number of thioether (sulfide) groups is 1. The maximum atomic E-state index is 9.48. The SMILES string of the molecule is CCC(CO)(CCCSc1cc(C)cc(C)n1)NC. The molecule has 1 atom stereocenters. The minimum absolute atomic E-state index is 0.115. The van der Waals surface area contributed by atoms with Crippen molar-refractivity contribution in [3.63, 3.8) is 0 Å². The van der Waals surface area contributed by atoms with E-state index in [0.717, 1.165) is 35.7 Å². The summed E-state index contributed by atoms with van der Waals surface area (Å²) in [6, 6.07) is 4.23. The number of pyridine rings is 1. The normalized spacial score (nSPS) is 14.4. The van der Waals surface area contributed by atoms with E-state index in [9.17, 15) is 5.11 Å². The molecule has 0 aromatic carbocycles. The summed E-state index contributed by atoms with van der Waals surface area (Å²) in [6.07, 6.45) is 3.02. The van der Waals surface area contributed by atoms with Crippen LogP contribution in [0.5, 0.6) is 0 Å². The Labute approximate surface area is 121 Å². The number of nitrogens with one attached hydrogen (secondary N) is 1. The zero-order chi connectivity index (χ0) is 14.3. The Morgan fingerprint density at radius 3 is 2.63 bits per heavy atom. The first-order valence-corrected chi connectivity index (χ1v) is 7.91. The van der Waals surface area contributed by atoms with Crippen LogP contribution in [0.25, 0.3) is 0 Å². The van der Waals surface area contributed by atoms with Crippen molar-refractivity contribution in [3.8, 4) is 0 Å². The Morgan fingerprint density at radius 2 is 2.11 bits per heavy atom. The van der Waals surface area contributed by atoms with Crippen LogP contribution in [0.1, 0.15) is 37.4 Å². The third-order valence-electron chi connectivity index (χ3n) is 3.63. The summed E-state index contributed by atoms with van der Waals surface area (Å²) in [5.41, 5.74) is 2.23. The van der Waals surface area contributed by atoms with E-state index in [1.54, 1.807) is 11.8 Å². The highest BCUT2D eigenvalue weighted by molar-refractivity contribution is 7.99. The molecule has 0 aliphatic heterocycles. The quantitative estimate of drug-likeness (QED) is 0.568. The molecular formula is C15H26N2OS. The number of hydrogen-bond acceptors (Lipinski definition) is 4. The lowest BCUT2D eigenvalue weighted by molar-refractivity contribution is 0.154. The largest absolute Gasteiger partial charge is 0.394 e. The molecule has 1 rings (SSSR count). The van der Waals surface area contributed by atoms with Gasteiger partial charge in [-0.25, -0.2) is 4.98 Å². The molecule has 0 amide bonds. The molecule has 1 unspecified atom stereocenters. The monoisotopic (exact) mass is 282 g/mol. The van der Waals surface area contributed by atoms with Crippen molar-refractivity contribution in [2.75, 3.05) is 19.4 Å². The molecule has 0 saturated carbocycles. The van der Waals surface area contributed by atoms with Crippen LogP contribution in [-0.4, -0.2) is 35.0 Å². The third kappa shape index (κ3) is 5.13. The first kappa shape index (κ1) is 16.5. The zero-order valence-electron chi connectivity index (χ0n) is 12.5. The molecule has 1 heterocycles. The molecule has 2 N–H and O–H groups in total. The average Bonchev–Trinajstić information content (AvgIpc) is 2.39. The van der Waals surface area contributed by atoms with Crippen molar-refractivity contribution >= 4 is 11.8 Å². The van der Waals surface area contributed by atoms with E-state index >= 15 is 0 Å². The fourth-order valence-electron chi connectivity index (χ4n) is 2.21. The number of hydrogen-bond donors (Lipinski definition) is 2. The number of likely N-dealkylation sites (N-methyl/N-ethyl adjacent to an activating group) is 1. The molecule has 0 spiro atoms. The van der Waals surface area contributed by atoms with Gasteiger partial charge in [0, 0.05) is 11.2 Å². The molecular weight excluding hydrogens is 256 g/mol. The van der Waals surface area contributed by atoms with Gasteiger partial charge in [0.25, 0.3) is 0 Å². The summed E-state index contributed by atoms with van der Waals surface area (Å²) in [7, 11) is 1.93. The van der Waals surface area contributed by atoms with Crippen molar-refractivity contribution < 1.29 is 5.11 Å². The highest BCUT2D eigenvalue weighted by Gasteiger charge is 2.24. The van der Waals surface area contributed by atoms with Gasteiger partial charge in [0.05, 0.1) is 11.6 Å². The summed E-state index contributed by atoms with van der Waals surface area (Å²) in [5, 5.41) is 13.8. The summed E-state index contributed by atoms with van der Waals surface area (Å²) >= 11 is 1.80. The van der Waals surface area contributed by atoms with Crippen molar-refractivity contribution in [2.45, 2.75) is 50.6 Å². The maximum absolute atomic E-state index is 9.48. The Kier molecular flexibility index (Phi) is 6.83. The van der Waals surface area contributed by atoms with E-state index < -0.39 is 0 Å². The molecule has 19 heavy (non-hydrogen) atoms. The fourth-order valence-corrected chi connectivity index (χ4v) is 3.19. The van der Waals surface area contributed by atoms with Gasteiger partial charge >= 0.3 is 0 Å². The van der Waals surface area contributed by atoms with E-state index in [1.807, 2.05) is 14.0 Å². The van der Waals surface area contributed by atoms with Gasteiger partial charge in [-0.1, -0.05) is 6.92 Å². The Hall–Kier alpha value is -0.580. The highest BCUT2D eigenvalue weighted by atomic mass is 32.2. The highest BCUT2D eigenvalue weighted by Crippen LogP contribution is 2.22. The first-order chi connectivity index (χ1) is 9.05. The molecule has 0 fully saturated rings. The second-order valence-corrected chi connectivity index (χ2v) is 6.23. The second kappa shape index (κ2) is 7.88. The molecule has 3 nitrogen and oxygen atoms in total. The zero-order valence-corrected chi connectivity index (χ0v) is 13.3. The molecule has 0 aliphatic carbocycles. The minimum Gasteiger partial charge on any atom is -0.394 e. The van der Waals surface area contributed by atoms with Gasteiger partial charge in [-0.15, -0.1) is 11.8 Å². The molecule has 108 valence electrons. The van der Waals surface area contributed by atoms with Crippen LogP contribution < -0.4 is 5.32 Å². The Balaban J connectivity index is 2.42. The van der Waals surface area contributed by atoms with Crippen LogP contribution in [0.15, 0.2) is 17.2 Å². The van der Waals surface area contributed by atoms with Crippen LogP contribution >= 0.6 is 11.8 Å². The van der Waals surface area contributed by atoms with Gasteiger partial charge in [-0.2, -0.15) is 0 Å². The predicted octanol–water partition coefficient (Wildman–Crippen LogP) is 2.93. The van der Waals surface area contributed by atoms with Crippen LogP contribution in [0.3, 0.4) is 0 Å². The summed E-state index contributed by atoms with van der Waals surface area (Å²) in [4.78, 5) is 4.53. The summed E-state index contributed by atoms with van der Waals surface area (Å²) in [5.74, 6) is 1.04. The minimum atomic E-state index is -0.115. The van der Waals surface area contributed by atoms with Gasteiger partial charge < -0.3 is 10.4 Å². The smallest absolute Gasteiger partial charge is 0.0965 e. The van der Waals surface area contributed by atoms with Crippen LogP contribution in [0, 0.1) is 13.8 Å². The number of aromatic nitrogens is 1. The number of aryl methyl sites for hydroxylation is 2. The van der Waals surface area contributed by atoms with Crippen molar-refractivity contribution in [3.05, 3.63) is 23.4 Å². The molecule has 0 bridgehead atoms. The van der Waals surface area contributed by atoms with Gasteiger partial charge in [0.1, 0.15) is 0 Å². The lowest BCUT2D eigenvalue weighted by atomic mass is 9.92. The van der Waals surface area contributed by atoms with E-state index in [0.29, 0.717) is 0 Å². The van der Waals surface area contributed by atoms with Gasteiger partial charge in [-0.05, 0) is 63.6 Å². The van der Waals surface area contributed by atoms with E-state index in [2.05, 4.69) is 36.3 Å². The molecule has 0 aliphatic rings. The number of nitrogens with zero attached hydrogens (tertiary/aromatic N) is 1. The van der Waals surface area contributed by atoms with Gasteiger partial charge in [0.2, 0.25) is 0 Å². The standard InChI is InChI=1S/C15H26N2OS/c1-5-15(11-18,16-4)7-6-8-19-14-10-12(2)9-13(3)17-14/h9-10,16,18H,5-8,11H2,1-4H3. The Morgan fingerprint density at radius 1 is 1.37 bits per heavy atom. The van der Waals surface area contributed by atoms with Gasteiger partial charge in [0.15, 0.2) is 0 Å². The van der Waals surface area contributed by atoms with E-state index in [4.69, 9.17) is 0 Å².